The molecule has 13 rings (SSSR count). The number of amides is 4. The smallest absolute Gasteiger partial charge is 0.407 e. The van der Waals surface area contributed by atoms with Crippen molar-refractivity contribution >= 4 is 69.6 Å². The van der Waals surface area contributed by atoms with Crippen molar-refractivity contribution in [2.75, 3.05) is 44.8 Å². The van der Waals surface area contributed by atoms with Gasteiger partial charge in [-0.2, -0.15) is 23.5 Å². The average Bonchev–Trinajstić information content (AvgIpc) is 3.75. The number of aromatic nitrogens is 4. The Morgan fingerprint density at radius 2 is 1.31 bits per heavy atom. The number of piperidine rings is 1. The molecular weight excluding hydrogens is 933 g/mol. The molecule has 14 nitrogen and oxygen atoms in total. The van der Waals surface area contributed by atoms with E-state index in [4.69, 9.17) is 19.4 Å². The summed E-state index contributed by atoms with van der Waals surface area (Å²) < 4.78 is 9.76. The molecule has 4 aromatic carbocycles. The molecule has 2 saturated heterocycles. The summed E-state index contributed by atoms with van der Waals surface area (Å²) in [5, 5.41) is 5.59. The van der Waals surface area contributed by atoms with Crippen molar-refractivity contribution in [2.45, 2.75) is 101 Å². The van der Waals surface area contributed by atoms with Gasteiger partial charge in [-0.3, -0.25) is 9.59 Å². The van der Waals surface area contributed by atoms with Gasteiger partial charge in [0.1, 0.15) is 23.7 Å². The van der Waals surface area contributed by atoms with E-state index < -0.39 is 24.3 Å². The van der Waals surface area contributed by atoms with Crippen molar-refractivity contribution in [1.82, 2.24) is 40.4 Å². The third-order valence-corrected chi connectivity index (χ3v) is 16.6. The number of aromatic amines is 2. The van der Waals surface area contributed by atoms with E-state index in [1.807, 2.05) is 22.3 Å². The standard InChI is InChI=1S/C55H64N8O6S2/c1-30-21-48(62(29-30)52(64)43(17-19-70-5)60-54(66)68-3)50-56-41-15-13-36(25-45(41)58-50)39-23-32-7-9-33-11-12-34(31(2)22-35(39)10-8-32)24-40(33)37-14-16-42-46(26-37)59-51(57-42)49-28-38-27-47(38)63(49)53(65)44(18-20-71-6)61-55(67)69-4/h8,10-16,23-26,30-31,38,43-44,47-49H,7,9,17-22,27-29H2,1-6H3,(H,56,58)(H,57,59)(H,60,66)(H,61,67)/t30-,31-,38-,43+,44+,47?,48+,49+/m1/s1. The summed E-state index contributed by atoms with van der Waals surface area (Å²) in [6.07, 6.45) is 9.02. The first-order valence-electron chi connectivity index (χ1n) is 25.0. The number of thioether (sulfide) groups is 2. The fraction of sp³-hybridized carbons (Fsp3) is 0.455. The fourth-order valence-electron chi connectivity index (χ4n) is 11.4. The zero-order valence-electron chi connectivity index (χ0n) is 41.4. The number of fused-ring (bicyclic) bond motifs is 3. The van der Waals surface area contributed by atoms with Gasteiger partial charge >= 0.3 is 12.2 Å². The van der Waals surface area contributed by atoms with Crippen LogP contribution in [0.1, 0.15) is 97.9 Å². The van der Waals surface area contributed by atoms with Crippen molar-refractivity contribution in [3.8, 4) is 22.3 Å². The molecule has 4 amide bonds. The number of hydrogen-bond donors (Lipinski definition) is 4. The summed E-state index contributed by atoms with van der Waals surface area (Å²) in [5.74, 6) is 3.79. The molecule has 2 aliphatic heterocycles. The van der Waals surface area contributed by atoms with Crippen LogP contribution in [0.25, 0.3) is 44.3 Å². The topological polar surface area (TPSA) is 175 Å². The Morgan fingerprint density at radius 3 is 1.94 bits per heavy atom. The molecule has 8 atom stereocenters. The monoisotopic (exact) mass is 996 g/mol. The Bertz CT molecular complexity index is 2990. The van der Waals surface area contributed by atoms with E-state index in [2.05, 4.69) is 107 Å². The Kier molecular flexibility index (Phi) is 14.1. The van der Waals surface area contributed by atoms with Crippen molar-refractivity contribution in [3.05, 3.63) is 107 Å². The molecular formula is C55H64N8O6S2. The lowest BCUT2D eigenvalue weighted by Crippen LogP contribution is -2.49. The van der Waals surface area contributed by atoms with Gasteiger partial charge in [0.2, 0.25) is 11.8 Å². The Morgan fingerprint density at radius 1 is 0.704 bits per heavy atom. The molecule has 71 heavy (non-hydrogen) atoms. The number of carbonyl (C=O) groups excluding carboxylic acids is 4. The summed E-state index contributed by atoms with van der Waals surface area (Å²) in [7, 11) is 2.64. The number of ether oxygens (including phenoxy) is 2. The number of rotatable bonds is 14. The molecule has 4 N–H and O–H groups in total. The predicted molar refractivity (Wildman–Crippen MR) is 282 cm³/mol. The van der Waals surface area contributed by atoms with Crippen LogP contribution in [-0.2, 0) is 38.3 Å². The van der Waals surface area contributed by atoms with Crippen LogP contribution in [0.5, 0.6) is 0 Å². The molecule has 6 aromatic rings. The van der Waals surface area contributed by atoms with E-state index in [9.17, 15) is 19.2 Å². The zero-order chi connectivity index (χ0) is 49.5. The number of aryl methyl sites for hydroxylation is 2. The van der Waals surface area contributed by atoms with E-state index in [1.165, 1.54) is 47.6 Å². The molecule has 372 valence electrons. The highest BCUT2D eigenvalue weighted by Gasteiger charge is 2.56. The fourth-order valence-corrected chi connectivity index (χ4v) is 12.3. The van der Waals surface area contributed by atoms with E-state index in [0.717, 1.165) is 94.9 Å². The normalized spacial score (nSPS) is 22.2. The molecule has 2 aromatic heterocycles. The number of hydrogen-bond acceptors (Lipinski definition) is 10. The molecule has 5 aliphatic carbocycles. The van der Waals surface area contributed by atoms with E-state index in [1.54, 1.807) is 23.5 Å². The highest BCUT2D eigenvalue weighted by Crippen LogP contribution is 2.53. The number of alkyl carbamates (subject to hydrolysis) is 2. The first-order valence-corrected chi connectivity index (χ1v) is 27.8. The minimum absolute atomic E-state index is 0.0699. The van der Waals surface area contributed by atoms with Gasteiger partial charge in [0.15, 0.2) is 0 Å². The van der Waals surface area contributed by atoms with Crippen LogP contribution in [-0.4, -0.2) is 117 Å². The van der Waals surface area contributed by atoms with Gasteiger partial charge in [-0.05, 0) is 162 Å². The lowest BCUT2D eigenvalue weighted by Gasteiger charge is -2.30. The van der Waals surface area contributed by atoms with Crippen molar-refractivity contribution in [3.63, 3.8) is 0 Å². The van der Waals surface area contributed by atoms with Gasteiger partial charge in [-0.15, -0.1) is 0 Å². The summed E-state index contributed by atoms with van der Waals surface area (Å²) >= 11 is 3.29. The number of imidazole rings is 2. The van der Waals surface area contributed by atoms with Gasteiger partial charge in [0, 0.05) is 12.6 Å². The summed E-state index contributed by atoms with van der Waals surface area (Å²) in [6.45, 7) is 5.06. The maximum absolute atomic E-state index is 14.1. The number of methoxy groups -OCH3 is 2. The maximum Gasteiger partial charge on any atom is 0.407 e. The van der Waals surface area contributed by atoms with Crippen LogP contribution in [0.15, 0.2) is 72.8 Å². The number of nitrogens with one attached hydrogen (secondary N) is 4. The maximum atomic E-state index is 14.1. The minimum atomic E-state index is -0.676. The number of benzene rings is 4. The van der Waals surface area contributed by atoms with Gasteiger partial charge in [0.05, 0.1) is 48.4 Å². The summed E-state index contributed by atoms with van der Waals surface area (Å²) in [4.78, 5) is 74.0. The second-order valence-electron chi connectivity index (χ2n) is 20.1. The molecule has 16 heteroatoms. The van der Waals surface area contributed by atoms with Crippen LogP contribution in [0.3, 0.4) is 0 Å². The summed E-state index contributed by atoms with van der Waals surface area (Å²) in [5.41, 5.74) is 13.4. The van der Waals surface area contributed by atoms with Crippen molar-refractivity contribution in [1.29, 1.82) is 0 Å². The average molecular weight is 997 g/mol. The number of nitrogens with zero attached hydrogens (tertiary/aromatic N) is 4. The van der Waals surface area contributed by atoms with Crippen molar-refractivity contribution < 1.29 is 28.7 Å². The second-order valence-corrected chi connectivity index (χ2v) is 22.0. The van der Waals surface area contributed by atoms with E-state index in [-0.39, 0.29) is 41.8 Å². The van der Waals surface area contributed by atoms with Gasteiger partial charge in [-0.1, -0.05) is 62.4 Å². The Hall–Kier alpha value is -6.00. The first kappa shape index (κ1) is 48.6. The third-order valence-electron chi connectivity index (χ3n) is 15.3. The predicted octanol–water partition coefficient (Wildman–Crippen LogP) is 9.74. The second kappa shape index (κ2) is 20.6. The van der Waals surface area contributed by atoms with Crippen LogP contribution in [0.4, 0.5) is 9.59 Å². The largest absolute Gasteiger partial charge is 0.453 e. The molecule has 3 fully saturated rings. The molecule has 7 aliphatic rings. The van der Waals surface area contributed by atoms with Gasteiger partial charge in [-0.25, -0.2) is 19.6 Å². The van der Waals surface area contributed by atoms with Crippen LogP contribution in [0, 0.1) is 11.8 Å². The quantitative estimate of drug-likeness (QED) is 0.0823. The molecule has 4 heterocycles. The molecule has 4 bridgehead atoms. The zero-order valence-corrected chi connectivity index (χ0v) is 43.0. The van der Waals surface area contributed by atoms with Gasteiger partial charge < -0.3 is 39.9 Å². The van der Waals surface area contributed by atoms with Crippen LogP contribution < -0.4 is 10.6 Å². The van der Waals surface area contributed by atoms with E-state index >= 15 is 0 Å². The van der Waals surface area contributed by atoms with Gasteiger partial charge in [0.25, 0.3) is 0 Å². The number of likely N-dealkylation sites (tertiary alicyclic amines) is 2. The first-order chi connectivity index (χ1) is 34.4. The van der Waals surface area contributed by atoms with Crippen molar-refractivity contribution in [2.24, 2.45) is 11.8 Å². The Balaban J connectivity index is 0.891. The lowest BCUT2D eigenvalue weighted by atomic mass is 9.84. The molecule has 1 unspecified atom stereocenters. The Labute approximate surface area is 423 Å². The lowest BCUT2D eigenvalue weighted by molar-refractivity contribution is -0.136. The van der Waals surface area contributed by atoms with E-state index in [0.29, 0.717) is 25.3 Å². The minimum Gasteiger partial charge on any atom is -0.453 e. The highest BCUT2D eigenvalue weighted by molar-refractivity contribution is 7.98. The number of H-pyrrole nitrogens is 2. The SMILES string of the molecule is COC(=O)N[C@@H](CCSC)C(=O)N1C[C@H](C)C[C@H]1c1nc2ccc(-c3cc4ccc3C[C@@H](C)c3ccc(c(-c5ccc6nc([C@@H]7C[C@H]8CC8N7C(=O)[C@H](CCSC)NC(=O)OC)[nH]c6c5)c3)CC4)cc2[nH]1. The number of carbonyl (C=O) groups is 4. The molecule has 1 saturated carbocycles. The highest BCUT2D eigenvalue weighted by atomic mass is 32.2. The van der Waals surface area contributed by atoms with Crippen LogP contribution >= 0.6 is 23.5 Å². The molecule has 0 spiro atoms. The summed E-state index contributed by atoms with van der Waals surface area (Å²) in [6, 6.07) is 25.3. The third kappa shape index (κ3) is 9.98. The molecule has 0 radical (unpaired) electrons. The van der Waals surface area contributed by atoms with Crippen LogP contribution in [0.2, 0.25) is 0 Å².